The number of aliphatic hydroxyl groups excluding tert-OH is 1. The fraction of sp³-hybridized carbons (Fsp3) is 0.467. The first-order valence-corrected chi connectivity index (χ1v) is 7.34. The number of nitrogens with zero attached hydrogens (tertiary/aromatic N) is 3. The van der Waals surface area contributed by atoms with Crippen molar-refractivity contribution in [3.8, 4) is 0 Å². The van der Waals surface area contributed by atoms with Gasteiger partial charge in [0.05, 0.1) is 13.1 Å². The van der Waals surface area contributed by atoms with Crippen LogP contribution in [0, 0.1) is 0 Å². The Labute approximate surface area is 128 Å². The summed E-state index contributed by atoms with van der Waals surface area (Å²) in [5, 5.41) is 20.1. The van der Waals surface area contributed by atoms with Crippen molar-refractivity contribution in [3.05, 3.63) is 42.0 Å². The highest BCUT2D eigenvalue weighted by Crippen LogP contribution is 2.24. The zero-order valence-corrected chi connectivity index (χ0v) is 12.2. The summed E-state index contributed by atoms with van der Waals surface area (Å²) in [4.78, 5) is 1.95. The fourth-order valence-corrected chi connectivity index (χ4v) is 2.74. The topological polar surface area (TPSA) is 74.4 Å². The first-order chi connectivity index (χ1) is 10.8. The van der Waals surface area contributed by atoms with Gasteiger partial charge in [-0.25, -0.2) is 4.39 Å². The van der Waals surface area contributed by atoms with Crippen molar-refractivity contribution in [3.63, 3.8) is 0 Å². The van der Waals surface area contributed by atoms with Crippen molar-refractivity contribution in [2.75, 3.05) is 18.0 Å². The van der Waals surface area contributed by atoms with E-state index in [2.05, 4.69) is 15.5 Å². The summed E-state index contributed by atoms with van der Waals surface area (Å²) in [5.74, 6) is 2.00. The largest absolute Gasteiger partial charge is 0.462 e. The minimum atomic E-state index is -0.849. The monoisotopic (exact) mass is 306 g/mol. The maximum absolute atomic E-state index is 13.7. The molecule has 118 valence electrons. The van der Waals surface area contributed by atoms with Gasteiger partial charge in [-0.1, -0.05) is 0 Å². The highest BCUT2D eigenvalue weighted by Gasteiger charge is 2.32. The molecule has 0 bridgehead atoms. The van der Waals surface area contributed by atoms with Gasteiger partial charge in [0, 0.05) is 25.2 Å². The van der Waals surface area contributed by atoms with Crippen LogP contribution < -0.4 is 10.2 Å². The summed E-state index contributed by atoms with van der Waals surface area (Å²) < 4.78 is 19.2. The summed E-state index contributed by atoms with van der Waals surface area (Å²) in [7, 11) is 0. The van der Waals surface area contributed by atoms with E-state index in [4.69, 9.17) is 9.52 Å². The lowest BCUT2D eigenvalue weighted by atomic mass is 10.2. The molecule has 1 fully saturated rings. The normalized spacial score (nSPS) is 21.5. The van der Waals surface area contributed by atoms with Gasteiger partial charge in [0.15, 0.2) is 5.82 Å². The molecular formula is C15H19FN4O2. The third-order valence-electron chi connectivity index (χ3n) is 3.77. The molecule has 3 heterocycles. The molecule has 0 spiro atoms. The number of aliphatic hydroxyl groups is 1. The van der Waals surface area contributed by atoms with Gasteiger partial charge >= 0.3 is 0 Å². The van der Waals surface area contributed by atoms with Crippen LogP contribution in [0.1, 0.15) is 17.9 Å². The van der Waals surface area contributed by atoms with E-state index >= 15 is 0 Å². The molecule has 1 aliphatic rings. The molecule has 0 amide bonds. The minimum Gasteiger partial charge on any atom is -0.462 e. The average Bonchev–Trinajstić information content (AvgIpc) is 3.15. The van der Waals surface area contributed by atoms with Gasteiger partial charge in [-0.15, -0.1) is 5.10 Å². The number of rotatable bonds is 6. The Hall–Kier alpha value is -1.99. The number of hydrogen-bond acceptors (Lipinski definition) is 6. The summed E-state index contributed by atoms with van der Waals surface area (Å²) in [6.45, 7) is 1.42. The van der Waals surface area contributed by atoms with E-state index in [1.807, 2.05) is 17.0 Å². The SMILES string of the molecule is OCc1ccc(CNC[C@@H]2C[C@H](F)CN2c2cccnn2)o1. The molecule has 0 aliphatic carbocycles. The van der Waals surface area contributed by atoms with Gasteiger partial charge < -0.3 is 19.7 Å². The zero-order chi connectivity index (χ0) is 15.4. The second-order valence-corrected chi connectivity index (χ2v) is 5.38. The fourth-order valence-electron chi connectivity index (χ4n) is 2.74. The molecule has 22 heavy (non-hydrogen) atoms. The molecule has 2 atom stereocenters. The van der Waals surface area contributed by atoms with Crippen molar-refractivity contribution < 1.29 is 13.9 Å². The van der Waals surface area contributed by atoms with Crippen LogP contribution in [-0.2, 0) is 13.2 Å². The molecule has 1 aliphatic heterocycles. The first kappa shape index (κ1) is 14.9. The van der Waals surface area contributed by atoms with Crippen LogP contribution in [0.25, 0.3) is 0 Å². The van der Waals surface area contributed by atoms with Gasteiger partial charge in [0.2, 0.25) is 0 Å². The molecule has 6 nitrogen and oxygen atoms in total. The van der Waals surface area contributed by atoms with E-state index in [0.29, 0.717) is 37.6 Å². The zero-order valence-electron chi connectivity index (χ0n) is 12.2. The van der Waals surface area contributed by atoms with E-state index in [1.165, 1.54) is 0 Å². The summed E-state index contributed by atoms with van der Waals surface area (Å²) >= 11 is 0. The lowest BCUT2D eigenvalue weighted by molar-refractivity contribution is 0.242. The Bertz CT molecular complexity index is 592. The Morgan fingerprint density at radius 2 is 2.23 bits per heavy atom. The van der Waals surface area contributed by atoms with Crippen LogP contribution in [-0.4, -0.2) is 40.6 Å². The minimum absolute atomic E-state index is 0.0407. The van der Waals surface area contributed by atoms with Crippen LogP contribution in [0.3, 0.4) is 0 Å². The Kier molecular flexibility index (Phi) is 4.65. The third-order valence-corrected chi connectivity index (χ3v) is 3.77. The van der Waals surface area contributed by atoms with Crippen LogP contribution in [0.5, 0.6) is 0 Å². The van der Waals surface area contributed by atoms with Crippen LogP contribution in [0.4, 0.5) is 10.2 Å². The molecule has 3 rings (SSSR count). The van der Waals surface area contributed by atoms with Crippen molar-refractivity contribution in [2.24, 2.45) is 0 Å². The van der Waals surface area contributed by atoms with Gasteiger partial charge in [-0.05, 0) is 24.3 Å². The van der Waals surface area contributed by atoms with Gasteiger partial charge in [0.25, 0.3) is 0 Å². The summed E-state index contributed by atoms with van der Waals surface area (Å²) in [6, 6.07) is 7.26. The Morgan fingerprint density at radius 3 is 2.95 bits per heavy atom. The van der Waals surface area contributed by atoms with E-state index in [0.717, 1.165) is 5.76 Å². The van der Waals surface area contributed by atoms with Crippen LogP contribution in [0.15, 0.2) is 34.9 Å². The predicted octanol–water partition coefficient (Wildman–Crippen LogP) is 1.27. The molecule has 2 aromatic rings. The van der Waals surface area contributed by atoms with Crippen molar-refractivity contribution in [2.45, 2.75) is 31.8 Å². The molecule has 7 heteroatoms. The van der Waals surface area contributed by atoms with Crippen molar-refractivity contribution in [1.82, 2.24) is 15.5 Å². The van der Waals surface area contributed by atoms with E-state index in [-0.39, 0.29) is 12.6 Å². The molecule has 1 saturated heterocycles. The molecule has 0 unspecified atom stereocenters. The Morgan fingerprint density at radius 1 is 1.36 bits per heavy atom. The number of nitrogens with one attached hydrogen (secondary N) is 1. The molecule has 2 N–H and O–H groups in total. The lowest BCUT2D eigenvalue weighted by Gasteiger charge is -2.24. The maximum Gasteiger partial charge on any atom is 0.151 e. The Balaban J connectivity index is 1.56. The van der Waals surface area contributed by atoms with E-state index in [1.54, 1.807) is 18.3 Å². The smallest absolute Gasteiger partial charge is 0.151 e. The standard InChI is InChI=1S/C15H19FN4O2/c16-11-6-12(20(9-11)15-2-1-5-18-19-15)7-17-8-13-3-4-14(10-21)22-13/h1-5,11-12,17,21H,6-10H2/t11-,12-/m0/s1. The lowest BCUT2D eigenvalue weighted by Crippen LogP contribution is -2.38. The maximum atomic E-state index is 13.7. The van der Waals surface area contributed by atoms with E-state index < -0.39 is 6.17 Å². The second kappa shape index (κ2) is 6.85. The molecular weight excluding hydrogens is 287 g/mol. The van der Waals surface area contributed by atoms with Crippen LogP contribution >= 0.6 is 0 Å². The van der Waals surface area contributed by atoms with Gasteiger partial charge in [-0.2, -0.15) is 5.10 Å². The molecule has 0 radical (unpaired) electrons. The number of aromatic nitrogens is 2. The quantitative estimate of drug-likeness (QED) is 0.837. The highest BCUT2D eigenvalue weighted by molar-refractivity contribution is 5.40. The van der Waals surface area contributed by atoms with Crippen molar-refractivity contribution in [1.29, 1.82) is 0 Å². The average molecular weight is 306 g/mol. The molecule has 2 aromatic heterocycles. The second-order valence-electron chi connectivity index (χ2n) is 5.38. The number of anilines is 1. The predicted molar refractivity (Wildman–Crippen MR) is 79.0 cm³/mol. The summed E-state index contributed by atoms with van der Waals surface area (Å²) in [5.41, 5.74) is 0. The van der Waals surface area contributed by atoms with Gasteiger partial charge in [0.1, 0.15) is 24.3 Å². The number of alkyl halides is 1. The van der Waals surface area contributed by atoms with Crippen molar-refractivity contribution >= 4 is 5.82 Å². The highest BCUT2D eigenvalue weighted by atomic mass is 19.1. The molecule has 0 aromatic carbocycles. The first-order valence-electron chi connectivity index (χ1n) is 7.34. The van der Waals surface area contributed by atoms with Gasteiger partial charge in [-0.3, -0.25) is 0 Å². The third kappa shape index (κ3) is 3.42. The molecule has 0 saturated carbocycles. The number of furan rings is 1. The number of hydrogen-bond donors (Lipinski definition) is 2. The van der Waals surface area contributed by atoms with E-state index in [9.17, 15) is 4.39 Å². The summed E-state index contributed by atoms with van der Waals surface area (Å²) in [6.07, 6.45) is 1.23. The number of halogens is 1. The van der Waals surface area contributed by atoms with Crippen LogP contribution in [0.2, 0.25) is 0 Å².